The molecule has 0 radical (unpaired) electrons. The molecule has 0 amide bonds. The first-order valence-corrected chi connectivity index (χ1v) is 6.78. The van der Waals surface area contributed by atoms with Crippen LogP contribution in [0, 0.1) is 0 Å². The summed E-state index contributed by atoms with van der Waals surface area (Å²) in [4.78, 5) is 10.8. The molecule has 3 heteroatoms. The van der Waals surface area contributed by atoms with Crippen LogP contribution in [-0.4, -0.2) is 11.1 Å². The fourth-order valence-corrected chi connectivity index (χ4v) is 2.34. The Kier molecular flexibility index (Phi) is 3.56. The van der Waals surface area contributed by atoms with Crippen molar-refractivity contribution in [2.45, 2.75) is 6.54 Å². The number of aromatic carboxylic acids is 1. The molecule has 21 heavy (non-hydrogen) atoms. The molecule has 0 aliphatic carbocycles. The number of carbonyl (C=O) groups is 1. The smallest absolute Gasteiger partial charge is 0.335 e. The Labute approximate surface area is 122 Å². The third kappa shape index (κ3) is 2.87. The van der Waals surface area contributed by atoms with Crippen LogP contribution in [0.4, 0.5) is 5.69 Å². The molecule has 0 saturated heterocycles. The lowest BCUT2D eigenvalue weighted by Gasteiger charge is -2.10. The largest absolute Gasteiger partial charge is 0.478 e. The molecule has 0 heterocycles. The molecule has 0 spiro atoms. The molecule has 0 saturated carbocycles. The predicted molar refractivity (Wildman–Crippen MR) is 84.7 cm³/mol. The Morgan fingerprint density at radius 2 is 1.62 bits per heavy atom. The molecule has 3 aromatic rings. The minimum atomic E-state index is -0.899. The van der Waals surface area contributed by atoms with Crippen LogP contribution >= 0.6 is 0 Å². The second-order valence-electron chi connectivity index (χ2n) is 4.88. The first-order chi connectivity index (χ1) is 10.2. The molecule has 0 fully saturated rings. The highest BCUT2D eigenvalue weighted by Crippen LogP contribution is 2.23. The van der Waals surface area contributed by atoms with Gasteiger partial charge in [-0.25, -0.2) is 4.79 Å². The van der Waals surface area contributed by atoms with Crippen LogP contribution in [0.25, 0.3) is 10.8 Å². The average Bonchev–Trinajstić information content (AvgIpc) is 2.53. The van der Waals surface area contributed by atoms with E-state index < -0.39 is 5.97 Å². The van der Waals surface area contributed by atoms with Gasteiger partial charge in [0.25, 0.3) is 0 Å². The summed E-state index contributed by atoms with van der Waals surface area (Å²) in [5.74, 6) is -0.899. The van der Waals surface area contributed by atoms with Crippen molar-refractivity contribution in [3.63, 3.8) is 0 Å². The van der Waals surface area contributed by atoms with Crippen LogP contribution in [-0.2, 0) is 6.54 Å². The van der Waals surface area contributed by atoms with Crippen LogP contribution in [0.3, 0.4) is 0 Å². The Morgan fingerprint density at radius 3 is 2.38 bits per heavy atom. The standard InChI is InChI=1S/C18H15NO2/c20-18(21)15-10-8-13(9-11-15)12-19-17-7-3-5-14-4-1-2-6-16(14)17/h1-11,19H,12H2,(H,20,21). The number of fused-ring (bicyclic) bond motifs is 1. The maximum absolute atomic E-state index is 10.8. The summed E-state index contributed by atoms with van der Waals surface area (Å²) < 4.78 is 0. The molecule has 3 rings (SSSR count). The minimum absolute atomic E-state index is 0.309. The van der Waals surface area contributed by atoms with E-state index in [0.29, 0.717) is 12.1 Å². The lowest BCUT2D eigenvalue weighted by Crippen LogP contribution is -2.01. The molecule has 0 aromatic heterocycles. The summed E-state index contributed by atoms with van der Waals surface area (Å²) in [6, 6.07) is 21.3. The van der Waals surface area contributed by atoms with Crippen LogP contribution < -0.4 is 5.32 Å². The van der Waals surface area contributed by atoms with Crippen molar-refractivity contribution in [3.8, 4) is 0 Å². The van der Waals surface area contributed by atoms with E-state index in [1.165, 1.54) is 10.8 Å². The van der Waals surface area contributed by atoms with Gasteiger partial charge in [-0.3, -0.25) is 0 Å². The second kappa shape index (κ2) is 5.67. The number of carboxylic acids is 1. The lowest BCUT2D eigenvalue weighted by molar-refractivity contribution is 0.0697. The van der Waals surface area contributed by atoms with Gasteiger partial charge in [0.05, 0.1) is 5.56 Å². The Hall–Kier alpha value is -2.81. The number of carboxylic acid groups (broad SMARTS) is 1. The van der Waals surface area contributed by atoms with Gasteiger partial charge < -0.3 is 10.4 Å². The molecule has 3 aromatic carbocycles. The molecular formula is C18H15NO2. The fourth-order valence-electron chi connectivity index (χ4n) is 2.34. The van der Waals surface area contributed by atoms with Gasteiger partial charge in [0.1, 0.15) is 0 Å². The van der Waals surface area contributed by atoms with Crippen LogP contribution in [0.1, 0.15) is 15.9 Å². The first-order valence-electron chi connectivity index (χ1n) is 6.78. The van der Waals surface area contributed by atoms with Gasteiger partial charge in [0.2, 0.25) is 0 Å². The highest BCUT2D eigenvalue weighted by molar-refractivity contribution is 5.93. The monoisotopic (exact) mass is 277 g/mol. The zero-order chi connectivity index (χ0) is 14.7. The van der Waals surface area contributed by atoms with Crippen LogP contribution in [0.5, 0.6) is 0 Å². The third-order valence-electron chi connectivity index (χ3n) is 3.47. The molecule has 0 bridgehead atoms. The van der Waals surface area contributed by atoms with Gasteiger partial charge in [-0.1, -0.05) is 48.5 Å². The normalized spacial score (nSPS) is 10.5. The van der Waals surface area contributed by atoms with Crippen molar-refractivity contribution in [3.05, 3.63) is 77.9 Å². The summed E-state index contributed by atoms with van der Waals surface area (Å²) >= 11 is 0. The van der Waals surface area contributed by atoms with Crippen molar-refractivity contribution in [2.24, 2.45) is 0 Å². The molecule has 0 unspecified atom stereocenters. The zero-order valence-corrected chi connectivity index (χ0v) is 11.4. The molecule has 3 nitrogen and oxygen atoms in total. The molecule has 0 aliphatic rings. The van der Waals surface area contributed by atoms with Gasteiger partial charge in [-0.15, -0.1) is 0 Å². The van der Waals surface area contributed by atoms with Crippen molar-refractivity contribution in [1.29, 1.82) is 0 Å². The minimum Gasteiger partial charge on any atom is -0.478 e. The van der Waals surface area contributed by atoms with Crippen LogP contribution in [0.2, 0.25) is 0 Å². The first kappa shape index (κ1) is 13.2. The summed E-state index contributed by atoms with van der Waals surface area (Å²) in [6.07, 6.45) is 0. The zero-order valence-electron chi connectivity index (χ0n) is 11.4. The molecule has 104 valence electrons. The van der Waals surface area contributed by atoms with E-state index in [9.17, 15) is 4.79 Å². The number of hydrogen-bond donors (Lipinski definition) is 2. The summed E-state index contributed by atoms with van der Waals surface area (Å²) in [5.41, 5.74) is 2.44. The third-order valence-corrected chi connectivity index (χ3v) is 3.47. The Balaban J connectivity index is 1.79. The van der Waals surface area contributed by atoms with Gasteiger partial charge >= 0.3 is 5.97 Å². The number of anilines is 1. The summed E-state index contributed by atoms with van der Waals surface area (Å²) in [7, 11) is 0. The average molecular weight is 277 g/mol. The van der Waals surface area contributed by atoms with Gasteiger partial charge in [-0.05, 0) is 29.1 Å². The highest BCUT2D eigenvalue weighted by Gasteiger charge is 2.03. The number of hydrogen-bond acceptors (Lipinski definition) is 2. The molecule has 0 atom stereocenters. The van der Waals surface area contributed by atoms with Crippen molar-refractivity contribution in [2.75, 3.05) is 5.32 Å². The van der Waals surface area contributed by atoms with E-state index in [2.05, 4.69) is 23.5 Å². The highest BCUT2D eigenvalue weighted by atomic mass is 16.4. The van der Waals surface area contributed by atoms with Crippen molar-refractivity contribution < 1.29 is 9.90 Å². The fraction of sp³-hybridized carbons (Fsp3) is 0.0556. The van der Waals surface area contributed by atoms with E-state index in [1.807, 2.05) is 36.4 Å². The number of nitrogens with one attached hydrogen (secondary N) is 1. The van der Waals surface area contributed by atoms with E-state index in [4.69, 9.17) is 5.11 Å². The topological polar surface area (TPSA) is 49.3 Å². The second-order valence-corrected chi connectivity index (χ2v) is 4.88. The Bertz CT molecular complexity index is 773. The summed E-state index contributed by atoms with van der Waals surface area (Å²) in [6.45, 7) is 0.661. The van der Waals surface area contributed by atoms with E-state index >= 15 is 0 Å². The van der Waals surface area contributed by atoms with Crippen molar-refractivity contribution in [1.82, 2.24) is 0 Å². The Morgan fingerprint density at radius 1 is 0.905 bits per heavy atom. The maximum atomic E-state index is 10.8. The maximum Gasteiger partial charge on any atom is 0.335 e. The van der Waals surface area contributed by atoms with Gasteiger partial charge in [0.15, 0.2) is 0 Å². The predicted octanol–water partition coefficient (Wildman–Crippen LogP) is 4.15. The lowest BCUT2D eigenvalue weighted by atomic mass is 10.1. The van der Waals surface area contributed by atoms with Crippen LogP contribution in [0.15, 0.2) is 66.7 Å². The van der Waals surface area contributed by atoms with Crippen molar-refractivity contribution >= 4 is 22.4 Å². The molecule has 0 aliphatic heterocycles. The number of rotatable bonds is 4. The molecular weight excluding hydrogens is 262 g/mol. The summed E-state index contributed by atoms with van der Waals surface area (Å²) in [5, 5.41) is 14.7. The van der Waals surface area contributed by atoms with E-state index in [-0.39, 0.29) is 0 Å². The van der Waals surface area contributed by atoms with Gasteiger partial charge in [-0.2, -0.15) is 0 Å². The van der Waals surface area contributed by atoms with E-state index in [1.54, 1.807) is 12.1 Å². The number of benzene rings is 3. The van der Waals surface area contributed by atoms with E-state index in [0.717, 1.165) is 11.3 Å². The SMILES string of the molecule is O=C(O)c1ccc(CNc2cccc3ccccc23)cc1. The molecule has 2 N–H and O–H groups in total. The van der Waals surface area contributed by atoms with Gasteiger partial charge in [0, 0.05) is 17.6 Å². The quantitative estimate of drug-likeness (QED) is 0.753.